The van der Waals surface area contributed by atoms with Crippen molar-refractivity contribution in [2.24, 2.45) is 0 Å². The molecule has 0 atom stereocenters. The SMILES string of the molecule is CCCC(=O)Nc1ccc(NC(=O)c2cc([N+](=O)[O-])ccc2Br)cc1. The lowest BCUT2D eigenvalue weighted by Crippen LogP contribution is -2.13. The third-order valence-electron chi connectivity index (χ3n) is 3.31. The molecule has 0 spiro atoms. The number of amides is 2. The first kappa shape index (κ1) is 18.6. The standard InChI is InChI=1S/C17H16BrN3O4/c1-2-3-16(22)19-11-4-6-12(7-5-11)20-17(23)14-10-13(21(24)25)8-9-15(14)18/h4-10H,2-3H2,1H3,(H,19,22)(H,20,23). The summed E-state index contributed by atoms with van der Waals surface area (Å²) in [6, 6.07) is 10.6. The minimum absolute atomic E-state index is 0.0696. The third-order valence-corrected chi connectivity index (χ3v) is 4.00. The summed E-state index contributed by atoms with van der Waals surface area (Å²) in [5, 5.41) is 16.3. The van der Waals surface area contributed by atoms with Crippen molar-refractivity contribution >= 4 is 44.8 Å². The Balaban J connectivity index is 2.09. The quantitative estimate of drug-likeness (QED) is 0.550. The Hall–Kier alpha value is -2.74. The van der Waals surface area contributed by atoms with E-state index in [1.807, 2.05) is 6.92 Å². The number of anilines is 2. The van der Waals surface area contributed by atoms with Crippen molar-refractivity contribution in [3.63, 3.8) is 0 Å². The van der Waals surface area contributed by atoms with E-state index in [0.29, 0.717) is 22.3 Å². The van der Waals surface area contributed by atoms with Gasteiger partial charge in [-0.15, -0.1) is 0 Å². The minimum atomic E-state index is -0.559. The van der Waals surface area contributed by atoms with Gasteiger partial charge >= 0.3 is 0 Å². The molecule has 8 heteroatoms. The fourth-order valence-corrected chi connectivity index (χ4v) is 2.51. The lowest BCUT2D eigenvalue weighted by atomic mass is 10.2. The van der Waals surface area contributed by atoms with Gasteiger partial charge in [0.1, 0.15) is 0 Å². The Kier molecular flexibility index (Phi) is 6.24. The molecule has 2 amide bonds. The van der Waals surface area contributed by atoms with Crippen molar-refractivity contribution in [2.75, 3.05) is 10.6 Å². The van der Waals surface area contributed by atoms with Crippen LogP contribution in [0.4, 0.5) is 17.1 Å². The summed E-state index contributed by atoms with van der Waals surface area (Å²) in [6.45, 7) is 1.92. The summed E-state index contributed by atoms with van der Waals surface area (Å²) in [7, 11) is 0. The van der Waals surface area contributed by atoms with Crippen LogP contribution in [0.2, 0.25) is 0 Å². The number of benzene rings is 2. The molecule has 2 aromatic rings. The van der Waals surface area contributed by atoms with Crippen LogP contribution in [0, 0.1) is 10.1 Å². The number of halogens is 1. The maximum Gasteiger partial charge on any atom is 0.270 e. The number of hydrogen-bond donors (Lipinski definition) is 2. The summed E-state index contributed by atoms with van der Waals surface area (Å²) in [6.07, 6.45) is 1.21. The first-order valence-corrected chi connectivity index (χ1v) is 8.35. The van der Waals surface area contributed by atoms with Crippen LogP contribution in [-0.2, 0) is 4.79 Å². The average Bonchev–Trinajstić information content (AvgIpc) is 2.57. The van der Waals surface area contributed by atoms with E-state index in [2.05, 4.69) is 26.6 Å². The van der Waals surface area contributed by atoms with E-state index in [1.54, 1.807) is 24.3 Å². The van der Waals surface area contributed by atoms with Crippen molar-refractivity contribution in [1.82, 2.24) is 0 Å². The minimum Gasteiger partial charge on any atom is -0.326 e. The molecular formula is C17H16BrN3O4. The Labute approximate surface area is 152 Å². The fraction of sp³-hybridized carbons (Fsp3) is 0.176. The maximum absolute atomic E-state index is 12.3. The zero-order valence-electron chi connectivity index (χ0n) is 13.4. The molecule has 0 saturated carbocycles. The van der Waals surface area contributed by atoms with Crippen LogP contribution in [-0.4, -0.2) is 16.7 Å². The molecule has 2 N–H and O–H groups in total. The van der Waals surface area contributed by atoms with Crippen LogP contribution in [0.1, 0.15) is 30.1 Å². The van der Waals surface area contributed by atoms with Gasteiger partial charge in [0, 0.05) is 34.4 Å². The largest absolute Gasteiger partial charge is 0.326 e. The monoisotopic (exact) mass is 405 g/mol. The molecule has 2 aromatic carbocycles. The number of non-ortho nitro benzene ring substituents is 1. The molecule has 25 heavy (non-hydrogen) atoms. The summed E-state index contributed by atoms with van der Waals surface area (Å²) in [5.74, 6) is -0.543. The molecule has 0 aromatic heterocycles. The number of nitrogens with zero attached hydrogens (tertiary/aromatic N) is 1. The number of rotatable bonds is 6. The predicted octanol–water partition coefficient (Wildman–Crippen LogP) is 4.35. The zero-order chi connectivity index (χ0) is 18.4. The number of hydrogen-bond acceptors (Lipinski definition) is 4. The lowest BCUT2D eigenvalue weighted by Gasteiger charge is -2.09. The Morgan fingerprint density at radius 2 is 1.68 bits per heavy atom. The van der Waals surface area contributed by atoms with E-state index in [4.69, 9.17) is 0 Å². The molecule has 0 bridgehead atoms. The second-order valence-corrected chi connectivity index (χ2v) is 6.11. The van der Waals surface area contributed by atoms with Gasteiger partial charge in [-0.2, -0.15) is 0 Å². The van der Waals surface area contributed by atoms with Crippen molar-refractivity contribution < 1.29 is 14.5 Å². The number of carbonyl (C=O) groups is 2. The van der Waals surface area contributed by atoms with Crippen LogP contribution in [0.25, 0.3) is 0 Å². The second kappa shape index (κ2) is 8.39. The molecule has 0 aliphatic rings. The van der Waals surface area contributed by atoms with E-state index < -0.39 is 10.8 Å². The summed E-state index contributed by atoms with van der Waals surface area (Å²) >= 11 is 3.22. The van der Waals surface area contributed by atoms with E-state index >= 15 is 0 Å². The van der Waals surface area contributed by atoms with Crippen LogP contribution >= 0.6 is 15.9 Å². The number of nitrogens with one attached hydrogen (secondary N) is 2. The second-order valence-electron chi connectivity index (χ2n) is 5.25. The van der Waals surface area contributed by atoms with Crippen molar-refractivity contribution in [3.8, 4) is 0 Å². The third kappa shape index (κ3) is 5.12. The maximum atomic E-state index is 12.3. The van der Waals surface area contributed by atoms with Crippen LogP contribution in [0.5, 0.6) is 0 Å². The van der Waals surface area contributed by atoms with Gasteiger partial charge in [0.25, 0.3) is 11.6 Å². The fourth-order valence-electron chi connectivity index (χ4n) is 2.09. The van der Waals surface area contributed by atoms with E-state index in [1.165, 1.54) is 18.2 Å². The summed E-state index contributed by atoms with van der Waals surface area (Å²) in [5.41, 5.74) is 1.14. The molecule has 0 aliphatic heterocycles. The number of nitro groups is 1. The van der Waals surface area contributed by atoms with Gasteiger partial charge in [0.05, 0.1) is 10.5 Å². The van der Waals surface area contributed by atoms with Crippen LogP contribution < -0.4 is 10.6 Å². The van der Waals surface area contributed by atoms with Crippen molar-refractivity contribution in [2.45, 2.75) is 19.8 Å². The van der Waals surface area contributed by atoms with E-state index in [-0.39, 0.29) is 17.2 Å². The first-order valence-electron chi connectivity index (χ1n) is 7.56. The highest BCUT2D eigenvalue weighted by atomic mass is 79.9. The van der Waals surface area contributed by atoms with Crippen molar-refractivity contribution in [3.05, 3.63) is 62.6 Å². The van der Waals surface area contributed by atoms with Gasteiger partial charge in [-0.3, -0.25) is 19.7 Å². The Morgan fingerprint density at radius 1 is 1.08 bits per heavy atom. The summed E-state index contributed by atoms with van der Waals surface area (Å²) in [4.78, 5) is 34.2. The molecule has 130 valence electrons. The molecule has 0 radical (unpaired) electrons. The molecule has 2 rings (SSSR count). The topological polar surface area (TPSA) is 101 Å². The number of carbonyl (C=O) groups excluding carboxylic acids is 2. The smallest absolute Gasteiger partial charge is 0.270 e. The number of nitro benzene ring substituents is 1. The van der Waals surface area contributed by atoms with E-state index in [9.17, 15) is 19.7 Å². The summed E-state index contributed by atoms with van der Waals surface area (Å²) < 4.78 is 0.457. The molecule has 0 saturated heterocycles. The molecule has 0 fully saturated rings. The van der Waals surface area contributed by atoms with Crippen LogP contribution in [0.15, 0.2) is 46.9 Å². The van der Waals surface area contributed by atoms with Gasteiger partial charge in [-0.05, 0) is 52.7 Å². The molecule has 0 aliphatic carbocycles. The van der Waals surface area contributed by atoms with Gasteiger partial charge in [-0.25, -0.2) is 0 Å². The lowest BCUT2D eigenvalue weighted by molar-refractivity contribution is -0.384. The highest BCUT2D eigenvalue weighted by Crippen LogP contribution is 2.24. The molecule has 7 nitrogen and oxygen atoms in total. The Bertz CT molecular complexity index is 806. The molecule has 0 unspecified atom stereocenters. The zero-order valence-corrected chi connectivity index (χ0v) is 15.0. The van der Waals surface area contributed by atoms with Gasteiger partial charge in [0.2, 0.25) is 5.91 Å². The van der Waals surface area contributed by atoms with Gasteiger partial charge in [0.15, 0.2) is 0 Å². The van der Waals surface area contributed by atoms with E-state index in [0.717, 1.165) is 6.42 Å². The Morgan fingerprint density at radius 3 is 2.24 bits per heavy atom. The van der Waals surface area contributed by atoms with Crippen molar-refractivity contribution in [1.29, 1.82) is 0 Å². The predicted molar refractivity (Wildman–Crippen MR) is 98.7 cm³/mol. The average molecular weight is 406 g/mol. The van der Waals surface area contributed by atoms with Gasteiger partial charge in [-0.1, -0.05) is 6.92 Å². The molecule has 0 heterocycles. The van der Waals surface area contributed by atoms with Crippen LogP contribution in [0.3, 0.4) is 0 Å². The molecular weight excluding hydrogens is 390 g/mol. The van der Waals surface area contributed by atoms with Gasteiger partial charge < -0.3 is 10.6 Å². The normalized spacial score (nSPS) is 10.2. The highest BCUT2D eigenvalue weighted by molar-refractivity contribution is 9.10. The first-order chi connectivity index (χ1) is 11.9. The highest BCUT2D eigenvalue weighted by Gasteiger charge is 2.15.